The smallest absolute Gasteiger partial charge is 0.254 e. The van der Waals surface area contributed by atoms with Crippen LogP contribution in [0.3, 0.4) is 0 Å². The molecule has 0 unspecified atom stereocenters. The molecule has 0 atom stereocenters. The van der Waals surface area contributed by atoms with Crippen molar-refractivity contribution in [2.75, 3.05) is 46.2 Å². The maximum absolute atomic E-state index is 13.3. The highest BCUT2D eigenvalue weighted by molar-refractivity contribution is 5.95. The molecular formula is C20H26N4O4. The van der Waals surface area contributed by atoms with Gasteiger partial charge in [-0.15, -0.1) is 0 Å². The van der Waals surface area contributed by atoms with Gasteiger partial charge in [0, 0.05) is 38.8 Å². The molecule has 0 saturated carbocycles. The topological polar surface area (TPSA) is 69.1 Å². The van der Waals surface area contributed by atoms with Crippen molar-refractivity contribution >= 4 is 5.91 Å². The van der Waals surface area contributed by atoms with Crippen molar-refractivity contribution in [2.45, 2.75) is 13.5 Å². The quantitative estimate of drug-likeness (QED) is 0.748. The summed E-state index contributed by atoms with van der Waals surface area (Å²) in [5.41, 5.74) is 2.56. The lowest BCUT2D eigenvalue weighted by Gasteiger charge is -2.30. The van der Waals surface area contributed by atoms with E-state index < -0.39 is 0 Å². The third-order valence-electron chi connectivity index (χ3n) is 5.15. The van der Waals surface area contributed by atoms with Crippen molar-refractivity contribution in [2.24, 2.45) is 7.05 Å². The van der Waals surface area contributed by atoms with Gasteiger partial charge >= 0.3 is 0 Å². The normalized spacial score (nSPS) is 16.4. The maximum atomic E-state index is 13.3. The Hall–Kier alpha value is -2.58. The summed E-state index contributed by atoms with van der Waals surface area (Å²) < 4.78 is 18.1. The van der Waals surface area contributed by atoms with Crippen molar-refractivity contribution in [3.8, 4) is 11.5 Å². The predicted molar refractivity (Wildman–Crippen MR) is 103 cm³/mol. The number of morpholine rings is 1. The van der Waals surface area contributed by atoms with E-state index in [1.54, 1.807) is 18.2 Å². The fraction of sp³-hybridized carbons (Fsp3) is 0.500. The monoisotopic (exact) mass is 386 g/mol. The van der Waals surface area contributed by atoms with E-state index in [0.29, 0.717) is 30.2 Å². The van der Waals surface area contributed by atoms with Crippen molar-refractivity contribution in [3.63, 3.8) is 0 Å². The number of benzene rings is 1. The van der Waals surface area contributed by atoms with E-state index in [4.69, 9.17) is 14.2 Å². The van der Waals surface area contributed by atoms with Gasteiger partial charge < -0.3 is 19.1 Å². The molecule has 28 heavy (non-hydrogen) atoms. The molecule has 2 aliphatic heterocycles. The Kier molecular flexibility index (Phi) is 5.50. The minimum Gasteiger partial charge on any atom is -0.454 e. The molecular weight excluding hydrogens is 360 g/mol. The Morgan fingerprint density at radius 2 is 1.96 bits per heavy atom. The number of carbonyl (C=O) groups excluding carboxylic acids is 1. The lowest BCUT2D eigenvalue weighted by molar-refractivity contribution is 0.0319. The van der Waals surface area contributed by atoms with Crippen LogP contribution in [-0.2, 0) is 18.3 Å². The van der Waals surface area contributed by atoms with Crippen molar-refractivity contribution in [3.05, 3.63) is 41.2 Å². The van der Waals surface area contributed by atoms with E-state index in [1.807, 2.05) is 29.6 Å². The third-order valence-corrected chi connectivity index (χ3v) is 5.15. The highest BCUT2D eigenvalue weighted by Crippen LogP contribution is 2.33. The van der Waals surface area contributed by atoms with Crippen LogP contribution in [0.15, 0.2) is 24.3 Å². The fourth-order valence-corrected chi connectivity index (χ4v) is 3.56. The van der Waals surface area contributed by atoms with Crippen LogP contribution in [0.4, 0.5) is 0 Å². The van der Waals surface area contributed by atoms with Crippen LogP contribution in [0.25, 0.3) is 0 Å². The second-order valence-corrected chi connectivity index (χ2v) is 7.15. The van der Waals surface area contributed by atoms with Crippen molar-refractivity contribution in [1.82, 2.24) is 19.6 Å². The third kappa shape index (κ3) is 4.13. The largest absolute Gasteiger partial charge is 0.454 e. The highest BCUT2D eigenvalue weighted by Gasteiger charge is 2.22. The Balaban J connectivity index is 1.52. The molecule has 0 aliphatic carbocycles. The first-order chi connectivity index (χ1) is 13.6. The summed E-state index contributed by atoms with van der Waals surface area (Å²) in [6.45, 7) is 7.41. The number of aromatic nitrogens is 2. The number of rotatable bonds is 6. The number of nitrogens with zero attached hydrogens (tertiary/aromatic N) is 4. The van der Waals surface area contributed by atoms with Crippen LogP contribution >= 0.6 is 0 Å². The molecule has 1 fully saturated rings. The first-order valence-electron chi connectivity index (χ1n) is 9.59. The number of aryl methyl sites for hydroxylation is 2. The van der Waals surface area contributed by atoms with Gasteiger partial charge in [0.2, 0.25) is 6.79 Å². The summed E-state index contributed by atoms with van der Waals surface area (Å²) in [6, 6.07) is 7.38. The molecule has 2 aromatic rings. The van der Waals surface area contributed by atoms with Crippen LogP contribution in [-0.4, -0.2) is 71.7 Å². The summed E-state index contributed by atoms with van der Waals surface area (Å²) >= 11 is 0. The molecule has 0 spiro atoms. The number of ether oxygens (including phenoxy) is 3. The lowest BCUT2D eigenvalue weighted by atomic mass is 10.1. The van der Waals surface area contributed by atoms with Crippen molar-refractivity contribution in [1.29, 1.82) is 0 Å². The van der Waals surface area contributed by atoms with Gasteiger partial charge in [-0.05, 0) is 31.2 Å². The fourth-order valence-electron chi connectivity index (χ4n) is 3.56. The Bertz CT molecular complexity index is 845. The molecule has 4 rings (SSSR count). The number of carbonyl (C=O) groups is 1. The second kappa shape index (κ2) is 8.20. The summed E-state index contributed by atoms with van der Waals surface area (Å²) in [6.07, 6.45) is 0. The second-order valence-electron chi connectivity index (χ2n) is 7.15. The van der Waals surface area contributed by atoms with Crippen LogP contribution in [0, 0.1) is 6.92 Å². The number of hydrogen-bond donors (Lipinski definition) is 0. The number of fused-ring (bicyclic) bond motifs is 1. The first-order valence-corrected chi connectivity index (χ1v) is 9.59. The maximum Gasteiger partial charge on any atom is 0.254 e. The molecule has 150 valence electrons. The Morgan fingerprint density at radius 1 is 1.18 bits per heavy atom. The molecule has 1 aromatic heterocycles. The van der Waals surface area contributed by atoms with Gasteiger partial charge in [0.1, 0.15) is 0 Å². The molecule has 1 aromatic carbocycles. The van der Waals surface area contributed by atoms with Gasteiger partial charge in [0.05, 0.1) is 31.1 Å². The van der Waals surface area contributed by atoms with Gasteiger partial charge in [0.15, 0.2) is 11.5 Å². The number of amides is 1. The molecule has 1 amide bonds. The SMILES string of the molecule is Cc1cc(CN(CCN2CCOCC2)C(=O)c2ccc3c(c2)OCO3)n(C)n1. The van der Waals surface area contributed by atoms with E-state index >= 15 is 0 Å². The average molecular weight is 386 g/mol. The van der Waals surface area contributed by atoms with Gasteiger partial charge in [-0.3, -0.25) is 14.4 Å². The van der Waals surface area contributed by atoms with Crippen LogP contribution in [0.1, 0.15) is 21.7 Å². The zero-order chi connectivity index (χ0) is 19.5. The summed E-state index contributed by atoms with van der Waals surface area (Å²) in [4.78, 5) is 17.5. The Labute approximate surface area is 164 Å². The van der Waals surface area contributed by atoms with E-state index in [0.717, 1.165) is 44.2 Å². The molecule has 1 saturated heterocycles. The molecule has 3 heterocycles. The minimum absolute atomic E-state index is 0.0228. The van der Waals surface area contributed by atoms with E-state index in [9.17, 15) is 4.79 Å². The van der Waals surface area contributed by atoms with Gasteiger partial charge in [-0.25, -0.2) is 0 Å². The first kappa shape index (κ1) is 18.8. The molecule has 8 nitrogen and oxygen atoms in total. The van der Waals surface area contributed by atoms with E-state index in [-0.39, 0.29) is 12.7 Å². The molecule has 8 heteroatoms. The number of hydrogen-bond acceptors (Lipinski definition) is 6. The van der Waals surface area contributed by atoms with Crippen molar-refractivity contribution < 1.29 is 19.0 Å². The average Bonchev–Trinajstić information content (AvgIpc) is 3.30. The summed E-state index contributed by atoms with van der Waals surface area (Å²) in [7, 11) is 1.91. The van der Waals surface area contributed by atoms with Gasteiger partial charge in [-0.1, -0.05) is 0 Å². The zero-order valence-corrected chi connectivity index (χ0v) is 16.4. The lowest BCUT2D eigenvalue weighted by Crippen LogP contribution is -2.43. The van der Waals surface area contributed by atoms with E-state index in [2.05, 4.69) is 10.00 Å². The highest BCUT2D eigenvalue weighted by atomic mass is 16.7. The van der Waals surface area contributed by atoms with Crippen LogP contribution in [0.2, 0.25) is 0 Å². The minimum atomic E-state index is -0.0228. The zero-order valence-electron chi connectivity index (χ0n) is 16.4. The van der Waals surface area contributed by atoms with Crippen LogP contribution in [0.5, 0.6) is 11.5 Å². The van der Waals surface area contributed by atoms with Gasteiger partial charge in [0.25, 0.3) is 5.91 Å². The van der Waals surface area contributed by atoms with E-state index in [1.165, 1.54) is 0 Å². The van der Waals surface area contributed by atoms with Gasteiger partial charge in [-0.2, -0.15) is 5.10 Å². The molecule has 0 radical (unpaired) electrons. The summed E-state index contributed by atoms with van der Waals surface area (Å²) in [5, 5.41) is 4.41. The predicted octanol–water partition coefficient (Wildman–Crippen LogP) is 1.43. The summed E-state index contributed by atoms with van der Waals surface area (Å²) in [5.74, 6) is 1.28. The molecule has 2 aliphatic rings. The Morgan fingerprint density at radius 3 is 2.71 bits per heavy atom. The van der Waals surface area contributed by atoms with Crippen LogP contribution < -0.4 is 9.47 Å². The standard InChI is InChI=1S/C20H26N4O4/c1-15-11-17(22(2)21-15)13-24(6-5-23-7-9-26-10-8-23)20(25)16-3-4-18-19(12-16)28-14-27-18/h3-4,11-12H,5-10,13-14H2,1-2H3. The molecule has 0 N–H and O–H groups in total. The molecule has 0 bridgehead atoms.